The molecule has 0 saturated heterocycles. The fourth-order valence-electron chi connectivity index (χ4n) is 1.73. The molecule has 0 N–H and O–H groups in total. The van der Waals surface area contributed by atoms with Crippen molar-refractivity contribution in [1.29, 1.82) is 0 Å². The summed E-state index contributed by atoms with van der Waals surface area (Å²) >= 11 is 0. The molecule has 16 heavy (non-hydrogen) atoms. The number of benzene rings is 1. The number of rotatable bonds is 1. The Labute approximate surface area is 96.4 Å². The zero-order valence-corrected chi connectivity index (χ0v) is 9.58. The fourth-order valence-corrected chi connectivity index (χ4v) is 1.73. The first-order valence-corrected chi connectivity index (χ1v) is 5.39. The topological polar surface area (TPSA) is 19.9 Å². The van der Waals surface area contributed by atoms with Gasteiger partial charge in [-0.05, 0) is 55.2 Å². The van der Waals surface area contributed by atoms with Crippen LogP contribution in [0.15, 0.2) is 47.6 Å². The van der Waals surface area contributed by atoms with E-state index >= 15 is 0 Å². The Morgan fingerprint density at radius 3 is 2.50 bits per heavy atom. The summed E-state index contributed by atoms with van der Waals surface area (Å²) in [5.74, 6) is 0.0599. The van der Waals surface area contributed by atoms with Gasteiger partial charge in [-0.25, -0.2) is 0 Å². The van der Waals surface area contributed by atoms with E-state index in [9.17, 15) is 5.11 Å². The van der Waals surface area contributed by atoms with Crippen molar-refractivity contribution in [3.63, 3.8) is 0 Å². The molecule has 0 heterocycles. The van der Waals surface area contributed by atoms with Crippen molar-refractivity contribution in [3.8, 4) is 5.75 Å². The molecule has 1 nitrogen and oxygen atoms in total. The molecule has 0 fully saturated rings. The Hall–Kier alpha value is -1.76. The van der Waals surface area contributed by atoms with E-state index in [-0.39, 0.29) is 5.75 Å². The molecule has 0 spiro atoms. The van der Waals surface area contributed by atoms with E-state index in [1.165, 1.54) is 16.7 Å². The quantitative estimate of drug-likeness (QED) is 0.658. The zero-order valence-electron chi connectivity index (χ0n) is 9.58. The molecular formula is C15H14O. The first kappa shape index (κ1) is 10.7. The Bertz CT molecular complexity index is 469. The molecule has 0 atom stereocenters. The second-order valence-corrected chi connectivity index (χ2v) is 4.18. The van der Waals surface area contributed by atoms with Crippen LogP contribution in [0.1, 0.15) is 25.8 Å². The maximum Gasteiger partial charge on any atom is 0.178 e. The van der Waals surface area contributed by atoms with Gasteiger partial charge < -0.3 is 0 Å². The highest BCUT2D eigenvalue weighted by molar-refractivity contribution is 5.71. The van der Waals surface area contributed by atoms with Gasteiger partial charge in [-0.2, -0.15) is 0 Å². The average molecular weight is 210 g/mol. The van der Waals surface area contributed by atoms with Gasteiger partial charge in [-0.1, -0.05) is 29.9 Å². The second kappa shape index (κ2) is 4.40. The van der Waals surface area contributed by atoms with Crippen molar-refractivity contribution < 1.29 is 5.11 Å². The van der Waals surface area contributed by atoms with Crippen LogP contribution in [0, 0.1) is 6.08 Å². The summed E-state index contributed by atoms with van der Waals surface area (Å²) in [6.07, 6.45) is 8.16. The summed E-state index contributed by atoms with van der Waals surface area (Å²) in [5.41, 5.74) is 4.90. The largest absolute Gasteiger partial charge is 0.290 e. The third kappa shape index (κ3) is 2.25. The molecule has 0 saturated carbocycles. The molecule has 0 bridgehead atoms. The number of hydrogen-bond donors (Lipinski definition) is 0. The maximum atomic E-state index is 11.0. The first-order valence-electron chi connectivity index (χ1n) is 5.39. The number of hydrogen-bond acceptors (Lipinski definition) is 0. The lowest BCUT2D eigenvalue weighted by Gasteiger charge is -2.13. The van der Waals surface area contributed by atoms with Crippen molar-refractivity contribution in [3.05, 3.63) is 59.2 Å². The van der Waals surface area contributed by atoms with Crippen LogP contribution in [-0.2, 0) is 5.11 Å². The van der Waals surface area contributed by atoms with E-state index in [0.29, 0.717) is 0 Å². The van der Waals surface area contributed by atoms with Gasteiger partial charge in [0.2, 0.25) is 0 Å². The van der Waals surface area contributed by atoms with E-state index in [2.05, 4.69) is 26.0 Å². The van der Waals surface area contributed by atoms with Gasteiger partial charge in [0.1, 0.15) is 0 Å². The molecule has 1 aliphatic carbocycles. The second-order valence-electron chi connectivity index (χ2n) is 4.18. The minimum Gasteiger partial charge on any atom is -0.290 e. The third-order valence-corrected chi connectivity index (χ3v) is 2.74. The van der Waals surface area contributed by atoms with Crippen LogP contribution in [-0.4, -0.2) is 0 Å². The molecule has 1 aromatic carbocycles. The number of allylic oxidation sites excluding steroid dienone is 6. The van der Waals surface area contributed by atoms with Crippen LogP contribution in [0.5, 0.6) is 5.75 Å². The monoisotopic (exact) mass is 210 g/mol. The Morgan fingerprint density at radius 1 is 1.19 bits per heavy atom. The van der Waals surface area contributed by atoms with Crippen LogP contribution in [0.3, 0.4) is 0 Å². The molecule has 1 heteroatoms. The summed E-state index contributed by atoms with van der Waals surface area (Å²) < 4.78 is 0. The summed E-state index contributed by atoms with van der Waals surface area (Å²) in [7, 11) is 0. The summed E-state index contributed by atoms with van der Waals surface area (Å²) in [5, 5.41) is 11.0. The molecule has 0 aromatic heterocycles. The van der Waals surface area contributed by atoms with Crippen LogP contribution >= 0.6 is 0 Å². The lowest BCUT2D eigenvalue weighted by molar-refractivity contribution is 0.355. The Balaban J connectivity index is 2.30. The molecule has 1 aliphatic rings. The summed E-state index contributed by atoms with van der Waals surface area (Å²) in [6, 6.07) is 6.99. The van der Waals surface area contributed by atoms with Gasteiger partial charge in [-0.3, -0.25) is 5.11 Å². The lowest BCUT2D eigenvalue weighted by atomic mass is 9.92. The molecule has 2 rings (SSSR count). The SMILES string of the molecule is CC(C)=C1[C]=CC=C(c2ccc([O])cc2)C1. The van der Waals surface area contributed by atoms with Crippen molar-refractivity contribution in [2.24, 2.45) is 0 Å². The third-order valence-electron chi connectivity index (χ3n) is 2.74. The normalized spacial score (nSPS) is 14.9. The predicted octanol–water partition coefficient (Wildman–Crippen LogP) is 4.31. The molecule has 80 valence electrons. The van der Waals surface area contributed by atoms with Gasteiger partial charge >= 0.3 is 0 Å². The van der Waals surface area contributed by atoms with Crippen molar-refractivity contribution in [1.82, 2.24) is 0 Å². The Kier molecular flexibility index (Phi) is 2.95. The fraction of sp³-hybridized carbons (Fsp3) is 0.200. The van der Waals surface area contributed by atoms with E-state index in [0.717, 1.165) is 12.0 Å². The van der Waals surface area contributed by atoms with Crippen LogP contribution < -0.4 is 0 Å². The molecule has 2 radical (unpaired) electrons. The van der Waals surface area contributed by atoms with Gasteiger partial charge in [0.05, 0.1) is 0 Å². The van der Waals surface area contributed by atoms with Gasteiger partial charge in [0, 0.05) is 0 Å². The van der Waals surface area contributed by atoms with Crippen LogP contribution in [0.4, 0.5) is 0 Å². The van der Waals surface area contributed by atoms with Crippen molar-refractivity contribution in [2.75, 3.05) is 0 Å². The molecule has 1 aromatic rings. The van der Waals surface area contributed by atoms with E-state index in [4.69, 9.17) is 0 Å². The van der Waals surface area contributed by atoms with Crippen LogP contribution in [0.2, 0.25) is 0 Å². The van der Waals surface area contributed by atoms with Crippen molar-refractivity contribution >= 4 is 5.57 Å². The van der Waals surface area contributed by atoms with E-state index < -0.39 is 0 Å². The highest BCUT2D eigenvalue weighted by atomic mass is 16.3. The lowest BCUT2D eigenvalue weighted by Crippen LogP contribution is -1.93. The van der Waals surface area contributed by atoms with Gasteiger partial charge in [0.15, 0.2) is 5.75 Å². The molecular weight excluding hydrogens is 196 g/mol. The molecule has 0 aliphatic heterocycles. The highest BCUT2D eigenvalue weighted by Crippen LogP contribution is 2.28. The smallest absolute Gasteiger partial charge is 0.178 e. The predicted molar refractivity (Wildman–Crippen MR) is 65.4 cm³/mol. The van der Waals surface area contributed by atoms with Crippen LogP contribution in [0.25, 0.3) is 5.57 Å². The average Bonchev–Trinajstić information content (AvgIpc) is 2.30. The van der Waals surface area contributed by atoms with E-state index in [1.54, 1.807) is 12.1 Å². The van der Waals surface area contributed by atoms with Gasteiger partial charge in [-0.15, -0.1) is 0 Å². The summed E-state index contributed by atoms with van der Waals surface area (Å²) in [6.45, 7) is 4.19. The van der Waals surface area contributed by atoms with Gasteiger partial charge in [0.25, 0.3) is 0 Å². The molecule has 0 amide bonds. The minimum atomic E-state index is 0.0599. The Morgan fingerprint density at radius 2 is 1.88 bits per heavy atom. The maximum absolute atomic E-state index is 11.0. The standard InChI is InChI=1S/C15H14O/c1-11(2)13-4-3-5-14(10-13)12-6-8-15(16)9-7-12/h3,5-9H,10H2,1-2H3. The minimum absolute atomic E-state index is 0.0599. The molecule has 0 unspecified atom stereocenters. The van der Waals surface area contributed by atoms with Crippen molar-refractivity contribution in [2.45, 2.75) is 20.3 Å². The first-order chi connectivity index (χ1) is 7.66. The zero-order chi connectivity index (χ0) is 11.5. The highest BCUT2D eigenvalue weighted by Gasteiger charge is 2.08. The van der Waals surface area contributed by atoms with E-state index in [1.807, 2.05) is 18.2 Å². The summed E-state index contributed by atoms with van der Waals surface area (Å²) in [4.78, 5) is 0.